The molecule has 0 aliphatic carbocycles. The molecule has 0 saturated carbocycles. The number of hydrogen-bond donors (Lipinski definition) is 1. The van der Waals surface area contributed by atoms with E-state index in [9.17, 15) is 14.7 Å². The van der Waals surface area contributed by atoms with Crippen LogP contribution in [-0.2, 0) is 4.79 Å². The van der Waals surface area contributed by atoms with Crippen molar-refractivity contribution in [1.82, 2.24) is 0 Å². The lowest BCUT2D eigenvalue weighted by Crippen LogP contribution is -2.90. The van der Waals surface area contributed by atoms with Crippen LogP contribution in [0.15, 0.2) is 54.6 Å². The lowest BCUT2D eigenvalue weighted by molar-refractivity contribution is -0.690. The van der Waals surface area contributed by atoms with Crippen LogP contribution in [-0.4, -0.2) is 23.7 Å². The zero-order chi connectivity index (χ0) is 16.2. The number of nitrogens with two attached hydrogens (primary N) is 1. The smallest absolute Gasteiger partial charge is 0.343 e. The molecule has 23 heavy (non-hydrogen) atoms. The summed E-state index contributed by atoms with van der Waals surface area (Å²) in [6.07, 6.45) is 0. The van der Waals surface area contributed by atoms with E-state index in [1.54, 1.807) is 53.5 Å². The second-order valence-electron chi connectivity index (χ2n) is 5.20. The predicted octanol–water partition coefficient (Wildman–Crippen LogP) is 0.333. The average Bonchev–Trinajstić information content (AvgIpc) is 3.07. The Bertz CT molecular complexity index is 702. The second-order valence-corrected chi connectivity index (χ2v) is 6.37. The highest BCUT2D eigenvalue weighted by Crippen LogP contribution is 2.28. The van der Waals surface area contributed by atoms with Gasteiger partial charge in [0.2, 0.25) is 0 Å². The average molecular weight is 329 g/mol. The molecule has 1 fully saturated rings. The molecule has 1 aliphatic rings. The second kappa shape index (κ2) is 6.85. The molecular weight excluding hydrogens is 314 g/mol. The number of ether oxygens (including phenoxy) is 1. The topological polar surface area (TPSA) is 83.0 Å². The first-order valence-electron chi connectivity index (χ1n) is 7.18. The molecule has 118 valence electrons. The van der Waals surface area contributed by atoms with Crippen LogP contribution in [0.2, 0.25) is 0 Å². The number of carboxylic acids is 1. The molecule has 0 radical (unpaired) electrons. The van der Waals surface area contributed by atoms with Crippen LogP contribution in [0.5, 0.6) is 5.75 Å². The van der Waals surface area contributed by atoms with E-state index in [1.807, 2.05) is 18.2 Å². The van der Waals surface area contributed by atoms with Crippen LogP contribution >= 0.6 is 11.8 Å². The molecule has 0 bridgehead atoms. The van der Waals surface area contributed by atoms with Crippen molar-refractivity contribution in [3.05, 3.63) is 65.7 Å². The quantitative estimate of drug-likeness (QED) is 0.646. The minimum Gasteiger partial charge on any atom is -0.544 e. The van der Waals surface area contributed by atoms with Crippen molar-refractivity contribution in [1.29, 1.82) is 0 Å². The zero-order valence-electron chi connectivity index (χ0n) is 12.2. The van der Waals surface area contributed by atoms with E-state index in [-0.39, 0.29) is 5.37 Å². The molecule has 1 heterocycles. The molecule has 0 spiro atoms. The van der Waals surface area contributed by atoms with Gasteiger partial charge >= 0.3 is 5.97 Å². The summed E-state index contributed by atoms with van der Waals surface area (Å²) in [5.74, 6) is -0.454. The number of esters is 1. The van der Waals surface area contributed by atoms with Crippen LogP contribution in [0.25, 0.3) is 0 Å². The van der Waals surface area contributed by atoms with Crippen molar-refractivity contribution in [2.24, 2.45) is 0 Å². The number of aliphatic carboxylic acids is 1. The molecule has 2 N–H and O–H groups in total. The van der Waals surface area contributed by atoms with Crippen LogP contribution < -0.4 is 15.2 Å². The molecule has 6 heteroatoms. The fraction of sp³-hybridized carbons (Fsp3) is 0.176. The Morgan fingerprint density at radius 2 is 1.78 bits per heavy atom. The standard InChI is InChI=1S/C17H15NO4S/c19-16(20)14-10-23-15(18-14)11-6-8-13(9-7-11)22-17(21)12-4-2-1-3-5-12/h1-9,14-15,18H,10H2,(H,19,20)/t14-,15+/m1/s1. The normalized spacial score (nSPS) is 20.2. The summed E-state index contributed by atoms with van der Waals surface area (Å²) in [5.41, 5.74) is 1.48. The Morgan fingerprint density at radius 1 is 1.09 bits per heavy atom. The van der Waals surface area contributed by atoms with Gasteiger partial charge in [0.15, 0.2) is 5.37 Å². The first-order chi connectivity index (χ1) is 11.1. The van der Waals surface area contributed by atoms with Crippen molar-refractivity contribution in [3.63, 3.8) is 0 Å². The van der Waals surface area contributed by atoms with E-state index in [0.29, 0.717) is 17.1 Å². The Balaban J connectivity index is 1.64. The van der Waals surface area contributed by atoms with E-state index in [1.165, 1.54) is 0 Å². The Kier molecular flexibility index (Phi) is 4.64. The molecule has 5 nitrogen and oxygen atoms in total. The fourth-order valence-electron chi connectivity index (χ4n) is 2.35. The maximum absolute atomic E-state index is 12.0. The van der Waals surface area contributed by atoms with Gasteiger partial charge in [-0.25, -0.2) is 4.79 Å². The third kappa shape index (κ3) is 3.72. The molecule has 0 unspecified atom stereocenters. The lowest BCUT2D eigenvalue weighted by Gasteiger charge is -2.11. The number of benzene rings is 2. The summed E-state index contributed by atoms with van der Waals surface area (Å²) in [5, 5.41) is 12.7. The van der Waals surface area contributed by atoms with Gasteiger partial charge < -0.3 is 20.0 Å². The van der Waals surface area contributed by atoms with Gasteiger partial charge in [0.25, 0.3) is 0 Å². The summed E-state index contributed by atoms with van der Waals surface area (Å²) >= 11 is 1.56. The highest BCUT2D eigenvalue weighted by Gasteiger charge is 2.30. The largest absolute Gasteiger partial charge is 0.544 e. The Labute approximate surface area is 137 Å². The maximum Gasteiger partial charge on any atom is 0.343 e. The van der Waals surface area contributed by atoms with E-state index < -0.39 is 18.0 Å². The van der Waals surface area contributed by atoms with Crippen molar-refractivity contribution in [3.8, 4) is 5.75 Å². The number of thioether (sulfide) groups is 1. The van der Waals surface area contributed by atoms with Gasteiger partial charge in [-0.1, -0.05) is 30.0 Å². The molecule has 3 rings (SSSR count). The molecule has 2 aromatic rings. The number of hydrogen-bond acceptors (Lipinski definition) is 5. The molecule has 0 amide bonds. The Hall–Kier alpha value is -2.31. The van der Waals surface area contributed by atoms with Gasteiger partial charge in [0.1, 0.15) is 17.8 Å². The van der Waals surface area contributed by atoms with Crippen molar-refractivity contribution < 1.29 is 24.7 Å². The van der Waals surface area contributed by atoms with Crippen molar-refractivity contribution >= 4 is 23.7 Å². The summed E-state index contributed by atoms with van der Waals surface area (Å²) < 4.78 is 5.32. The Morgan fingerprint density at radius 3 is 2.39 bits per heavy atom. The number of quaternary nitrogens is 1. The van der Waals surface area contributed by atoms with Gasteiger partial charge in [-0.05, 0) is 36.4 Å². The van der Waals surface area contributed by atoms with E-state index in [4.69, 9.17) is 4.74 Å². The van der Waals surface area contributed by atoms with Crippen molar-refractivity contribution in [2.45, 2.75) is 11.4 Å². The monoisotopic (exact) mass is 329 g/mol. The highest BCUT2D eigenvalue weighted by atomic mass is 32.2. The number of carbonyl (C=O) groups excluding carboxylic acids is 2. The number of rotatable bonds is 4. The first-order valence-corrected chi connectivity index (χ1v) is 8.23. The molecule has 2 aromatic carbocycles. The molecule has 0 aromatic heterocycles. The first kappa shape index (κ1) is 15.6. The predicted molar refractivity (Wildman–Crippen MR) is 83.8 cm³/mol. The molecule has 2 atom stereocenters. The molecule has 1 aliphatic heterocycles. The van der Waals surface area contributed by atoms with E-state index >= 15 is 0 Å². The number of carboxylic acid groups (broad SMARTS) is 1. The fourth-order valence-corrected chi connectivity index (χ4v) is 3.66. The molecular formula is C17H15NO4S. The van der Waals surface area contributed by atoms with Gasteiger partial charge in [-0.3, -0.25) is 0 Å². The van der Waals surface area contributed by atoms with Gasteiger partial charge in [0.05, 0.1) is 11.3 Å². The highest BCUT2D eigenvalue weighted by molar-refractivity contribution is 7.99. The van der Waals surface area contributed by atoms with Crippen LogP contribution in [0.4, 0.5) is 0 Å². The van der Waals surface area contributed by atoms with Gasteiger partial charge in [-0.15, -0.1) is 0 Å². The van der Waals surface area contributed by atoms with E-state index in [2.05, 4.69) is 0 Å². The van der Waals surface area contributed by atoms with Crippen molar-refractivity contribution in [2.75, 3.05) is 5.75 Å². The lowest BCUT2D eigenvalue weighted by atomic mass is 10.2. The third-order valence-corrected chi connectivity index (χ3v) is 4.93. The van der Waals surface area contributed by atoms with Gasteiger partial charge in [0, 0.05) is 5.56 Å². The summed E-state index contributed by atoms with van der Waals surface area (Å²) in [6, 6.07) is 15.4. The van der Waals surface area contributed by atoms with Crippen LogP contribution in [0.3, 0.4) is 0 Å². The van der Waals surface area contributed by atoms with E-state index in [0.717, 1.165) is 5.56 Å². The summed E-state index contributed by atoms with van der Waals surface area (Å²) in [4.78, 5) is 22.8. The zero-order valence-corrected chi connectivity index (χ0v) is 13.0. The molecule has 1 saturated heterocycles. The maximum atomic E-state index is 12.0. The number of carbonyl (C=O) groups is 2. The SMILES string of the molecule is O=C(Oc1ccc([C@H]2[NH2+][C@@H](C(=O)[O-])CS2)cc1)c1ccccc1. The van der Waals surface area contributed by atoms with Gasteiger partial charge in [-0.2, -0.15) is 0 Å². The summed E-state index contributed by atoms with van der Waals surface area (Å²) in [7, 11) is 0. The summed E-state index contributed by atoms with van der Waals surface area (Å²) in [6.45, 7) is 0. The van der Waals surface area contributed by atoms with Crippen LogP contribution in [0, 0.1) is 0 Å². The third-order valence-electron chi connectivity index (χ3n) is 3.59. The minimum absolute atomic E-state index is 0.0248. The van der Waals surface area contributed by atoms with Crippen LogP contribution in [0.1, 0.15) is 21.3 Å². The minimum atomic E-state index is -1.03.